The van der Waals surface area contributed by atoms with Gasteiger partial charge in [0, 0.05) is 35.0 Å². The van der Waals surface area contributed by atoms with E-state index in [1.165, 1.54) is 6.20 Å². The molecule has 11 heteroatoms. The number of halogens is 1. The summed E-state index contributed by atoms with van der Waals surface area (Å²) in [5.74, 6) is 0. The van der Waals surface area contributed by atoms with E-state index in [2.05, 4.69) is 63.8 Å². The van der Waals surface area contributed by atoms with Crippen molar-refractivity contribution in [2.24, 2.45) is 5.41 Å². The maximum atomic E-state index is 10.1. The monoisotopic (exact) mass is 559 g/mol. The molecule has 5 rings (SSSR count). The van der Waals surface area contributed by atoms with E-state index >= 15 is 0 Å². The second kappa shape index (κ2) is 10.9. The third-order valence-corrected chi connectivity index (χ3v) is 7.06. The van der Waals surface area contributed by atoms with Gasteiger partial charge in [0.2, 0.25) is 0 Å². The van der Waals surface area contributed by atoms with E-state index in [4.69, 9.17) is 11.6 Å². The molecular weight excluding hydrogens is 533 g/mol. The summed E-state index contributed by atoms with van der Waals surface area (Å²) in [5.41, 5.74) is 3.67. The zero-order valence-electron chi connectivity index (χ0n) is 23.1. The Labute approximate surface area is 244 Å². The molecule has 5 aromatic rings. The summed E-state index contributed by atoms with van der Waals surface area (Å²) < 4.78 is 1.65. The minimum Gasteiger partial charge on any atom is -0.383 e. The van der Waals surface area contributed by atoms with E-state index in [-0.39, 0.29) is 5.41 Å². The number of pyridine rings is 2. The summed E-state index contributed by atoms with van der Waals surface area (Å²) >= 11 is 6.74. The molecule has 1 atom stereocenters. The minimum absolute atomic E-state index is 0.0427. The largest absolute Gasteiger partial charge is 0.383 e. The molecule has 2 N–H and O–H groups in total. The third-order valence-electron chi connectivity index (χ3n) is 6.73. The summed E-state index contributed by atoms with van der Waals surface area (Å²) in [5, 5.41) is 37.0. The van der Waals surface area contributed by atoms with Crippen LogP contribution in [0.25, 0.3) is 16.6 Å². The number of aromatic nitrogens is 5. The molecule has 0 aliphatic carbocycles. The molecule has 0 fully saturated rings. The molecule has 41 heavy (non-hydrogen) atoms. The Balaban J connectivity index is 1.68. The molecule has 0 amide bonds. The van der Waals surface area contributed by atoms with Crippen LogP contribution in [0.2, 0.25) is 5.02 Å². The maximum absolute atomic E-state index is 10.1. The predicted octanol–water partition coefficient (Wildman–Crippen LogP) is 5.01. The highest BCUT2D eigenvalue weighted by atomic mass is 35.5. The Hall–Kier alpha value is -4.93. The van der Waals surface area contributed by atoms with Crippen LogP contribution in [0.3, 0.4) is 0 Å². The average molecular weight is 560 g/mol. The first kappa shape index (κ1) is 27.6. The molecule has 3 aromatic heterocycles. The summed E-state index contributed by atoms with van der Waals surface area (Å²) in [6.45, 7) is 6.94. The standard InChI is InChI=1S/C30H27BClN9/c1-29(2,3)18-37-28-20(14-34)15-36-27-19(13-33)11-21(12-23(27)28)38-30(31,24-8-4-5-9-25(24)32)26-17-41(40-39-26)22-7-6-10-35-16-22/h4-12,15-17,38H,18,31H2,1-3H3,(H,36,37). The lowest BCUT2D eigenvalue weighted by atomic mass is 9.69. The van der Waals surface area contributed by atoms with E-state index in [1.54, 1.807) is 23.1 Å². The smallest absolute Gasteiger partial charge is 0.148 e. The zero-order chi connectivity index (χ0) is 29.2. The summed E-state index contributed by atoms with van der Waals surface area (Å²) in [7, 11) is 1.96. The quantitative estimate of drug-likeness (QED) is 0.266. The van der Waals surface area contributed by atoms with Gasteiger partial charge in [-0.15, -0.1) is 5.10 Å². The van der Waals surface area contributed by atoms with Crippen molar-refractivity contribution in [3.05, 3.63) is 101 Å². The number of nitrogens with one attached hydrogen (secondary N) is 2. The zero-order valence-corrected chi connectivity index (χ0v) is 23.9. The van der Waals surface area contributed by atoms with Crippen LogP contribution in [0.1, 0.15) is 43.2 Å². The van der Waals surface area contributed by atoms with Crippen LogP contribution in [-0.4, -0.2) is 39.4 Å². The Morgan fingerprint density at radius 1 is 1.02 bits per heavy atom. The van der Waals surface area contributed by atoms with Gasteiger partial charge >= 0.3 is 0 Å². The van der Waals surface area contributed by atoms with Gasteiger partial charge in [0.15, 0.2) is 0 Å². The van der Waals surface area contributed by atoms with Crippen LogP contribution < -0.4 is 10.6 Å². The summed E-state index contributed by atoms with van der Waals surface area (Å²) in [4.78, 5) is 8.65. The number of hydrogen-bond donors (Lipinski definition) is 2. The van der Waals surface area contributed by atoms with Gasteiger partial charge in [0.1, 0.15) is 25.7 Å². The molecule has 1 unspecified atom stereocenters. The van der Waals surface area contributed by atoms with Crippen molar-refractivity contribution < 1.29 is 0 Å². The molecule has 2 aromatic carbocycles. The normalized spacial score (nSPS) is 12.7. The molecule has 9 nitrogen and oxygen atoms in total. The SMILES string of the molecule is BC(Nc1cc(C#N)c2ncc(C#N)c(NCC(C)(C)C)c2c1)(c1cn(-c2cccnc2)nn1)c1ccccc1Cl. The van der Waals surface area contributed by atoms with Crippen molar-refractivity contribution in [3.63, 3.8) is 0 Å². The Morgan fingerprint density at radius 2 is 1.80 bits per heavy atom. The van der Waals surface area contributed by atoms with E-state index in [0.717, 1.165) is 11.3 Å². The first-order valence-corrected chi connectivity index (χ1v) is 13.4. The van der Waals surface area contributed by atoms with Gasteiger partial charge in [-0.3, -0.25) is 9.97 Å². The first-order valence-electron chi connectivity index (χ1n) is 13.0. The molecular formula is C30H27BClN9. The van der Waals surface area contributed by atoms with Gasteiger partial charge in [-0.1, -0.05) is 55.8 Å². The Kier molecular flexibility index (Phi) is 7.36. The van der Waals surface area contributed by atoms with Crippen molar-refractivity contribution in [1.29, 1.82) is 10.5 Å². The fourth-order valence-electron chi connectivity index (χ4n) is 4.62. The van der Waals surface area contributed by atoms with E-state index in [0.29, 0.717) is 50.7 Å². The number of anilines is 2. The lowest BCUT2D eigenvalue weighted by Gasteiger charge is -2.32. The van der Waals surface area contributed by atoms with Crippen LogP contribution >= 0.6 is 11.6 Å². The van der Waals surface area contributed by atoms with Gasteiger partial charge in [-0.05, 0) is 41.3 Å². The van der Waals surface area contributed by atoms with Gasteiger partial charge in [-0.2, -0.15) is 10.5 Å². The number of nitriles is 2. The third kappa shape index (κ3) is 5.56. The lowest BCUT2D eigenvalue weighted by molar-refractivity contribution is 0.443. The van der Waals surface area contributed by atoms with Crippen LogP contribution in [0.15, 0.2) is 73.3 Å². The van der Waals surface area contributed by atoms with Crippen molar-refractivity contribution in [2.45, 2.75) is 26.2 Å². The number of nitrogens with zero attached hydrogens (tertiary/aromatic N) is 7. The summed E-state index contributed by atoms with van der Waals surface area (Å²) in [6, 6.07) is 19.4. The van der Waals surface area contributed by atoms with E-state index in [1.807, 2.05) is 56.5 Å². The lowest BCUT2D eigenvalue weighted by Crippen LogP contribution is -2.38. The number of rotatable bonds is 7. The highest BCUT2D eigenvalue weighted by Crippen LogP contribution is 2.37. The molecule has 0 saturated heterocycles. The number of fused-ring (bicyclic) bond motifs is 1. The van der Waals surface area contributed by atoms with Crippen molar-refractivity contribution in [3.8, 4) is 17.8 Å². The fraction of sp³-hybridized carbons (Fsp3) is 0.200. The molecule has 0 bridgehead atoms. The number of hydrogen-bond acceptors (Lipinski definition) is 8. The van der Waals surface area contributed by atoms with Crippen LogP contribution in [0.4, 0.5) is 11.4 Å². The topological polar surface area (TPSA) is 128 Å². The van der Waals surface area contributed by atoms with Crippen LogP contribution in [0.5, 0.6) is 0 Å². The predicted molar refractivity (Wildman–Crippen MR) is 163 cm³/mol. The molecule has 0 saturated carbocycles. The Morgan fingerprint density at radius 3 is 2.49 bits per heavy atom. The highest BCUT2D eigenvalue weighted by molar-refractivity contribution is 6.33. The molecule has 0 radical (unpaired) electrons. The average Bonchev–Trinajstić information content (AvgIpc) is 3.47. The second-order valence-electron chi connectivity index (χ2n) is 11.1. The van der Waals surface area contributed by atoms with Gasteiger partial charge in [-0.25, -0.2) is 4.68 Å². The molecule has 0 aliphatic heterocycles. The highest BCUT2D eigenvalue weighted by Gasteiger charge is 2.34. The first-order chi connectivity index (χ1) is 19.6. The van der Waals surface area contributed by atoms with Crippen LogP contribution in [-0.2, 0) is 5.44 Å². The fourth-order valence-corrected chi connectivity index (χ4v) is 4.95. The Bertz CT molecular complexity index is 1820. The molecule has 3 heterocycles. The van der Waals surface area contributed by atoms with Gasteiger partial charge in [0.25, 0.3) is 0 Å². The van der Waals surface area contributed by atoms with Gasteiger partial charge < -0.3 is 10.6 Å². The van der Waals surface area contributed by atoms with E-state index in [9.17, 15) is 10.5 Å². The van der Waals surface area contributed by atoms with Crippen LogP contribution in [0, 0.1) is 28.1 Å². The minimum atomic E-state index is -0.960. The molecule has 202 valence electrons. The van der Waals surface area contributed by atoms with Crippen molar-refractivity contribution in [2.75, 3.05) is 17.2 Å². The summed E-state index contributed by atoms with van der Waals surface area (Å²) in [6.07, 6.45) is 6.73. The second-order valence-corrected chi connectivity index (χ2v) is 11.5. The molecule has 0 aliphatic rings. The van der Waals surface area contributed by atoms with Crippen molar-refractivity contribution in [1.82, 2.24) is 25.0 Å². The van der Waals surface area contributed by atoms with Gasteiger partial charge in [0.05, 0.1) is 45.9 Å². The van der Waals surface area contributed by atoms with Crippen molar-refractivity contribution >= 4 is 41.7 Å². The maximum Gasteiger partial charge on any atom is 0.148 e. The number of benzene rings is 2. The van der Waals surface area contributed by atoms with E-state index < -0.39 is 5.44 Å². The molecule has 0 spiro atoms.